The minimum Gasteiger partial charge on any atom is -0.481 e. The second kappa shape index (κ2) is 6.67. The number of carbonyl (C=O) groups excluding carboxylic acids is 1. The van der Waals surface area contributed by atoms with Gasteiger partial charge in [-0.05, 0) is 26.8 Å². The van der Waals surface area contributed by atoms with E-state index < -0.39 is 41.7 Å². The molecule has 1 aromatic rings. The molecule has 1 aromatic carbocycles. The molecule has 2 unspecified atom stereocenters. The monoisotopic (exact) mass is 297 g/mol. The number of benzene rings is 1. The maximum atomic E-state index is 13.8. The molecule has 0 bridgehead atoms. The molecule has 0 heterocycles. The second-order valence-electron chi connectivity index (χ2n) is 5.79. The van der Waals surface area contributed by atoms with Crippen LogP contribution in [0, 0.1) is 11.7 Å². The number of esters is 1. The number of rotatable bonds is 5. The van der Waals surface area contributed by atoms with Crippen molar-refractivity contribution in [1.29, 1.82) is 0 Å². The van der Waals surface area contributed by atoms with Gasteiger partial charge in [-0.1, -0.05) is 18.2 Å². The van der Waals surface area contributed by atoms with Gasteiger partial charge in [-0.15, -0.1) is 0 Å². The maximum Gasteiger partial charge on any atom is 0.311 e. The van der Waals surface area contributed by atoms with Crippen molar-refractivity contribution >= 4 is 11.9 Å². The van der Waals surface area contributed by atoms with Gasteiger partial charge in [-0.25, -0.2) is 4.39 Å². The Kier molecular flexibility index (Phi) is 5.43. The first-order chi connectivity index (χ1) is 9.61. The van der Waals surface area contributed by atoms with Gasteiger partial charge in [0.25, 0.3) is 0 Å². The topological polar surface area (TPSA) is 89.6 Å². The van der Waals surface area contributed by atoms with Crippen LogP contribution in [0.1, 0.15) is 38.8 Å². The summed E-state index contributed by atoms with van der Waals surface area (Å²) in [5.41, 5.74) is 5.22. The zero-order valence-electron chi connectivity index (χ0n) is 12.3. The van der Waals surface area contributed by atoms with E-state index in [1.165, 1.54) is 18.2 Å². The molecular weight excluding hydrogens is 277 g/mol. The molecule has 0 fully saturated rings. The number of ether oxygens (including phenoxy) is 1. The molecule has 1 rings (SSSR count). The first-order valence-electron chi connectivity index (χ1n) is 6.56. The van der Waals surface area contributed by atoms with Crippen LogP contribution in [0.2, 0.25) is 0 Å². The first-order valence-corrected chi connectivity index (χ1v) is 6.56. The minimum absolute atomic E-state index is 0.0922. The molecule has 6 heteroatoms. The summed E-state index contributed by atoms with van der Waals surface area (Å²) in [5, 5.41) is 8.94. The van der Waals surface area contributed by atoms with Gasteiger partial charge < -0.3 is 15.6 Å². The van der Waals surface area contributed by atoms with E-state index in [4.69, 9.17) is 15.6 Å². The standard InChI is InChI=1S/C15H20FNO4/c1-15(2,3)21-14(20)10(8-12(18)19)13(17)9-6-4-5-7-11(9)16/h4-7,10,13H,8,17H2,1-3H3,(H,18,19). The number of hydrogen-bond acceptors (Lipinski definition) is 4. The van der Waals surface area contributed by atoms with Crippen molar-refractivity contribution < 1.29 is 23.8 Å². The summed E-state index contributed by atoms with van der Waals surface area (Å²) in [6.07, 6.45) is -0.523. The van der Waals surface area contributed by atoms with Crippen molar-refractivity contribution in [2.75, 3.05) is 0 Å². The minimum atomic E-state index is -1.20. The van der Waals surface area contributed by atoms with Crippen molar-refractivity contribution in [2.45, 2.75) is 38.8 Å². The summed E-state index contributed by atoms with van der Waals surface area (Å²) in [6.45, 7) is 4.99. The molecule has 116 valence electrons. The zero-order valence-corrected chi connectivity index (χ0v) is 12.3. The van der Waals surface area contributed by atoms with Gasteiger partial charge in [-0.3, -0.25) is 9.59 Å². The van der Waals surface area contributed by atoms with Gasteiger partial charge >= 0.3 is 11.9 Å². The Morgan fingerprint density at radius 2 is 1.90 bits per heavy atom. The normalized spacial score (nSPS) is 14.3. The van der Waals surface area contributed by atoms with Gasteiger partial charge in [0, 0.05) is 11.6 Å². The molecule has 5 nitrogen and oxygen atoms in total. The van der Waals surface area contributed by atoms with E-state index in [1.54, 1.807) is 26.8 Å². The van der Waals surface area contributed by atoms with E-state index in [1.807, 2.05) is 0 Å². The van der Waals surface area contributed by atoms with E-state index in [0.29, 0.717) is 0 Å². The van der Waals surface area contributed by atoms with Crippen molar-refractivity contribution in [3.8, 4) is 0 Å². The highest BCUT2D eigenvalue weighted by atomic mass is 19.1. The summed E-state index contributed by atoms with van der Waals surface area (Å²) in [5.74, 6) is -3.68. The first kappa shape index (κ1) is 17.1. The Bertz CT molecular complexity index is 525. The molecule has 0 amide bonds. The van der Waals surface area contributed by atoms with E-state index in [9.17, 15) is 14.0 Å². The van der Waals surface area contributed by atoms with Crippen LogP contribution in [-0.2, 0) is 14.3 Å². The highest BCUT2D eigenvalue weighted by Crippen LogP contribution is 2.27. The fourth-order valence-corrected chi connectivity index (χ4v) is 1.88. The molecule has 0 spiro atoms. The van der Waals surface area contributed by atoms with E-state index in [0.717, 1.165) is 0 Å². The van der Waals surface area contributed by atoms with E-state index in [2.05, 4.69) is 0 Å². The highest BCUT2D eigenvalue weighted by molar-refractivity contribution is 5.80. The zero-order chi connectivity index (χ0) is 16.2. The highest BCUT2D eigenvalue weighted by Gasteiger charge is 2.34. The number of carbonyl (C=O) groups is 2. The third-order valence-corrected chi connectivity index (χ3v) is 2.80. The molecule has 0 saturated heterocycles. The van der Waals surface area contributed by atoms with Crippen molar-refractivity contribution in [3.05, 3.63) is 35.6 Å². The maximum absolute atomic E-state index is 13.8. The fourth-order valence-electron chi connectivity index (χ4n) is 1.88. The largest absolute Gasteiger partial charge is 0.481 e. The molecule has 0 aliphatic carbocycles. The van der Waals surface area contributed by atoms with E-state index in [-0.39, 0.29) is 5.56 Å². The van der Waals surface area contributed by atoms with Crippen LogP contribution in [0.15, 0.2) is 24.3 Å². The smallest absolute Gasteiger partial charge is 0.311 e. The van der Waals surface area contributed by atoms with Crippen molar-refractivity contribution in [2.24, 2.45) is 11.7 Å². The number of aliphatic carboxylic acids is 1. The average molecular weight is 297 g/mol. The van der Waals surface area contributed by atoms with Gasteiger partial charge in [0.05, 0.1) is 12.3 Å². The van der Waals surface area contributed by atoms with Crippen molar-refractivity contribution in [3.63, 3.8) is 0 Å². The van der Waals surface area contributed by atoms with Crippen LogP contribution in [0.4, 0.5) is 4.39 Å². The van der Waals surface area contributed by atoms with Gasteiger partial charge in [0.2, 0.25) is 0 Å². The molecule has 0 saturated carbocycles. The molecule has 0 aromatic heterocycles. The fraction of sp³-hybridized carbons (Fsp3) is 0.467. The van der Waals surface area contributed by atoms with Crippen LogP contribution in [0.5, 0.6) is 0 Å². The van der Waals surface area contributed by atoms with Crippen molar-refractivity contribution in [1.82, 2.24) is 0 Å². The molecule has 0 aliphatic rings. The average Bonchev–Trinajstić information content (AvgIpc) is 2.33. The molecule has 21 heavy (non-hydrogen) atoms. The Labute approximate surface area is 122 Å². The lowest BCUT2D eigenvalue weighted by Crippen LogP contribution is -2.36. The summed E-state index contributed by atoms with van der Waals surface area (Å²) in [7, 11) is 0. The molecule has 0 radical (unpaired) electrons. The number of carboxylic acids is 1. The van der Waals surface area contributed by atoms with Crippen LogP contribution >= 0.6 is 0 Å². The lowest BCUT2D eigenvalue weighted by Gasteiger charge is -2.26. The third kappa shape index (κ3) is 5.15. The third-order valence-electron chi connectivity index (χ3n) is 2.80. The lowest BCUT2D eigenvalue weighted by molar-refractivity contribution is -0.163. The second-order valence-corrected chi connectivity index (χ2v) is 5.79. The quantitative estimate of drug-likeness (QED) is 0.814. The van der Waals surface area contributed by atoms with Crippen LogP contribution in [0.3, 0.4) is 0 Å². The Morgan fingerprint density at radius 3 is 2.38 bits per heavy atom. The Hall–Kier alpha value is -1.95. The summed E-state index contributed by atoms with van der Waals surface area (Å²) in [6, 6.07) is 4.62. The van der Waals surface area contributed by atoms with Gasteiger partial charge in [0.1, 0.15) is 11.4 Å². The van der Waals surface area contributed by atoms with Crippen LogP contribution in [-0.4, -0.2) is 22.6 Å². The van der Waals surface area contributed by atoms with Gasteiger partial charge in [-0.2, -0.15) is 0 Å². The van der Waals surface area contributed by atoms with E-state index >= 15 is 0 Å². The number of hydrogen-bond donors (Lipinski definition) is 2. The van der Waals surface area contributed by atoms with Gasteiger partial charge in [0.15, 0.2) is 0 Å². The van der Waals surface area contributed by atoms with Crippen LogP contribution in [0.25, 0.3) is 0 Å². The molecule has 3 N–H and O–H groups in total. The number of halogens is 1. The molecule has 2 atom stereocenters. The lowest BCUT2D eigenvalue weighted by atomic mass is 9.90. The summed E-state index contributed by atoms with van der Waals surface area (Å²) < 4.78 is 18.9. The number of carboxylic acid groups (broad SMARTS) is 1. The predicted molar refractivity (Wildman–Crippen MR) is 74.9 cm³/mol. The van der Waals surface area contributed by atoms with Crippen LogP contribution < -0.4 is 5.73 Å². The number of nitrogens with two attached hydrogens (primary N) is 1. The Balaban J connectivity index is 3.05. The summed E-state index contributed by atoms with van der Waals surface area (Å²) in [4.78, 5) is 23.1. The SMILES string of the molecule is CC(C)(C)OC(=O)C(CC(=O)O)C(N)c1ccccc1F. The Morgan fingerprint density at radius 1 is 1.33 bits per heavy atom. The summed E-state index contributed by atoms with van der Waals surface area (Å²) >= 11 is 0. The molecule has 0 aliphatic heterocycles. The molecular formula is C15H20FNO4. The predicted octanol–water partition coefficient (Wildman–Crippen LogP) is 2.26.